The Kier molecular flexibility index (Phi) is 3.96. The van der Waals surface area contributed by atoms with Crippen molar-refractivity contribution in [3.05, 3.63) is 34.9 Å². The van der Waals surface area contributed by atoms with Gasteiger partial charge in [-0.1, -0.05) is 24.6 Å². The molecule has 0 saturated heterocycles. The zero-order valence-electron chi connectivity index (χ0n) is 11.2. The zero-order chi connectivity index (χ0) is 12.2. The second-order valence-corrected chi connectivity index (χ2v) is 5.67. The normalized spacial score (nSPS) is 19.3. The van der Waals surface area contributed by atoms with Crippen molar-refractivity contribution < 1.29 is 0 Å². The molecule has 0 atom stereocenters. The maximum Gasteiger partial charge on any atom is 0.0208 e. The van der Waals surface area contributed by atoms with Gasteiger partial charge < -0.3 is 10.6 Å². The fourth-order valence-corrected chi connectivity index (χ4v) is 3.04. The fourth-order valence-electron chi connectivity index (χ4n) is 3.04. The Morgan fingerprint density at radius 2 is 2.22 bits per heavy atom. The van der Waals surface area contributed by atoms with Crippen LogP contribution in [0, 0.1) is 0 Å². The van der Waals surface area contributed by atoms with E-state index in [4.69, 9.17) is 0 Å². The van der Waals surface area contributed by atoms with Crippen LogP contribution < -0.4 is 10.6 Å². The van der Waals surface area contributed by atoms with Gasteiger partial charge in [-0.2, -0.15) is 0 Å². The van der Waals surface area contributed by atoms with Crippen molar-refractivity contribution in [2.75, 3.05) is 13.1 Å². The van der Waals surface area contributed by atoms with Gasteiger partial charge in [0.1, 0.15) is 0 Å². The maximum atomic E-state index is 3.66. The lowest BCUT2D eigenvalue weighted by atomic mass is 9.92. The molecule has 2 nitrogen and oxygen atoms in total. The molecule has 1 fully saturated rings. The molecule has 1 aliphatic carbocycles. The van der Waals surface area contributed by atoms with E-state index in [-0.39, 0.29) is 0 Å². The number of rotatable bonds is 5. The number of hydrogen-bond acceptors (Lipinski definition) is 2. The van der Waals surface area contributed by atoms with Crippen LogP contribution in [0.2, 0.25) is 0 Å². The fraction of sp³-hybridized carbons (Fsp3) is 0.625. The zero-order valence-corrected chi connectivity index (χ0v) is 11.2. The van der Waals surface area contributed by atoms with Gasteiger partial charge in [-0.05, 0) is 61.9 Å². The lowest BCUT2D eigenvalue weighted by Crippen LogP contribution is -2.35. The van der Waals surface area contributed by atoms with Crippen molar-refractivity contribution in [1.29, 1.82) is 0 Å². The molecule has 2 aliphatic rings. The minimum absolute atomic E-state index is 0.832. The highest BCUT2D eigenvalue weighted by atomic mass is 14.9. The second kappa shape index (κ2) is 5.85. The molecule has 3 rings (SSSR count). The van der Waals surface area contributed by atoms with E-state index in [2.05, 4.69) is 28.8 Å². The third-order valence-corrected chi connectivity index (χ3v) is 4.40. The monoisotopic (exact) mass is 244 g/mol. The summed E-state index contributed by atoms with van der Waals surface area (Å²) in [7, 11) is 0. The number of fused-ring (bicyclic) bond motifs is 1. The molecule has 1 aliphatic heterocycles. The first-order valence-electron chi connectivity index (χ1n) is 7.47. The highest BCUT2D eigenvalue weighted by Gasteiger charge is 2.16. The van der Waals surface area contributed by atoms with E-state index < -0.39 is 0 Å². The summed E-state index contributed by atoms with van der Waals surface area (Å²) in [6.07, 6.45) is 7.94. The van der Waals surface area contributed by atoms with Crippen molar-refractivity contribution in [3.63, 3.8) is 0 Å². The van der Waals surface area contributed by atoms with Crippen LogP contribution in [-0.2, 0) is 19.4 Å². The third kappa shape index (κ3) is 2.76. The van der Waals surface area contributed by atoms with Gasteiger partial charge in [0.15, 0.2) is 0 Å². The van der Waals surface area contributed by atoms with E-state index in [9.17, 15) is 0 Å². The molecular weight excluding hydrogens is 220 g/mol. The van der Waals surface area contributed by atoms with Crippen molar-refractivity contribution >= 4 is 0 Å². The van der Waals surface area contributed by atoms with Crippen LogP contribution in [0.3, 0.4) is 0 Å². The largest absolute Gasteiger partial charge is 0.314 e. The molecule has 1 heterocycles. The minimum Gasteiger partial charge on any atom is -0.314 e. The Labute approximate surface area is 110 Å². The van der Waals surface area contributed by atoms with Gasteiger partial charge in [-0.25, -0.2) is 0 Å². The highest BCUT2D eigenvalue weighted by Crippen LogP contribution is 2.20. The van der Waals surface area contributed by atoms with Crippen molar-refractivity contribution in [3.8, 4) is 0 Å². The highest BCUT2D eigenvalue weighted by molar-refractivity contribution is 5.37. The van der Waals surface area contributed by atoms with Crippen molar-refractivity contribution in [2.45, 2.75) is 51.1 Å². The lowest BCUT2D eigenvalue weighted by molar-refractivity contribution is 0.339. The average molecular weight is 244 g/mol. The number of aryl methyl sites for hydroxylation is 1. The predicted octanol–water partition coefficient (Wildman–Crippen LogP) is 2.41. The van der Waals surface area contributed by atoms with Crippen LogP contribution in [0.5, 0.6) is 0 Å². The first-order chi connectivity index (χ1) is 8.93. The first-order valence-corrected chi connectivity index (χ1v) is 7.47. The molecule has 1 aromatic rings. The third-order valence-electron chi connectivity index (χ3n) is 4.40. The molecule has 1 saturated carbocycles. The van der Waals surface area contributed by atoms with Crippen molar-refractivity contribution in [1.82, 2.24) is 10.6 Å². The van der Waals surface area contributed by atoms with Gasteiger partial charge in [-0.15, -0.1) is 0 Å². The first kappa shape index (κ1) is 12.2. The van der Waals surface area contributed by atoms with Crippen LogP contribution in [0.1, 0.15) is 42.4 Å². The predicted molar refractivity (Wildman–Crippen MR) is 75.8 cm³/mol. The Hall–Kier alpha value is -0.860. The van der Waals surface area contributed by atoms with Crippen LogP contribution in [-0.4, -0.2) is 19.1 Å². The van der Waals surface area contributed by atoms with Crippen LogP contribution in [0.25, 0.3) is 0 Å². The molecule has 0 unspecified atom stereocenters. The van der Waals surface area contributed by atoms with E-state index in [1.165, 1.54) is 50.6 Å². The second-order valence-electron chi connectivity index (χ2n) is 5.67. The minimum atomic E-state index is 0.832. The van der Waals surface area contributed by atoms with Gasteiger partial charge >= 0.3 is 0 Å². The Morgan fingerprint density at radius 1 is 1.28 bits per heavy atom. The summed E-state index contributed by atoms with van der Waals surface area (Å²) in [5.74, 6) is 0. The summed E-state index contributed by atoms with van der Waals surface area (Å²) < 4.78 is 0. The standard InChI is InChI=1S/C16H24N2/c1-4-13(6-3-10-18-15-7-2-8-15)16-9-11-17-12-14(16)5-1/h1,4-5,15,17-18H,2-3,6-12H2. The van der Waals surface area contributed by atoms with Gasteiger partial charge in [0.2, 0.25) is 0 Å². The maximum absolute atomic E-state index is 3.66. The molecule has 0 spiro atoms. The summed E-state index contributed by atoms with van der Waals surface area (Å²) >= 11 is 0. The van der Waals surface area contributed by atoms with E-state index >= 15 is 0 Å². The summed E-state index contributed by atoms with van der Waals surface area (Å²) in [4.78, 5) is 0. The van der Waals surface area contributed by atoms with E-state index in [1.54, 1.807) is 11.1 Å². The topological polar surface area (TPSA) is 24.1 Å². The smallest absolute Gasteiger partial charge is 0.0208 e. The Balaban J connectivity index is 1.52. The van der Waals surface area contributed by atoms with E-state index in [0.717, 1.165) is 19.1 Å². The molecule has 2 N–H and O–H groups in total. The number of nitrogens with one attached hydrogen (secondary N) is 2. The average Bonchev–Trinajstić information content (AvgIpc) is 2.36. The van der Waals surface area contributed by atoms with Crippen LogP contribution in [0.4, 0.5) is 0 Å². The molecule has 18 heavy (non-hydrogen) atoms. The van der Waals surface area contributed by atoms with Gasteiger partial charge in [0, 0.05) is 12.6 Å². The van der Waals surface area contributed by atoms with Crippen LogP contribution >= 0.6 is 0 Å². The molecule has 0 radical (unpaired) electrons. The molecule has 98 valence electrons. The molecule has 1 aromatic carbocycles. The Morgan fingerprint density at radius 3 is 3.06 bits per heavy atom. The molecular formula is C16H24N2. The SMILES string of the molecule is c1cc(CCCNC2CCC2)c2c(c1)CNCC2. The Bertz CT molecular complexity index is 396. The molecule has 0 bridgehead atoms. The molecule has 0 amide bonds. The molecule has 0 aromatic heterocycles. The van der Waals surface area contributed by atoms with Crippen molar-refractivity contribution in [2.24, 2.45) is 0 Å². The van der Waals surface area contributed by atoms with E-state index in [1.807, 2.05) is 0 Å². The summed E-state index contributed by atoms with van der Waals surface area (Å²) in [6, 6.07) is 7.66. The van der Waals surface area contributed by atoms with Gasteiger partial charge in [0.25, 0.3) is 0 Å². The number of benzene rings is 1. The van der Waals surface area contributed by atoms with Crippen LogP contribution in [0.15, 0.2) is 18.2 Å². The quantitative estimate of drug-likeness (QED) is 0.777. The summed E-state index contributed by atoms with van der Waals surface area (Å²) in [5.41, 5.74) is 4.73. The van der Waals surface area contributed by atoms with E-state index in [0.29, 0.717) is 0 Å². The summed E-state index contributed by atoms with van der Waals surface area (Å²) in [6.45, 7) is 3.39. The van der Waals surface area contributed by atoms with Gasteiger partial charge in [0.05, 0.1) is 0 Å². The summed E-state index contributed by atoms with van der Waals surface area (Å²) in [5, 5.41) is 7.11. The number of hydrogen-bond donors (Lipinski definition) is 2. The lowest BCUT2D eigenvalue weighted by Gasteiger charge is -2.26. The van der Waals surface area contributed by atoms with Gasteiger partial charge in [-0.3, -0.25) is 0 Å². The molecule has 2 heteroatoms.